The standard InChI is InChI=1S/C21H22BrN5O3/c1-12-7-17(20(30)18(12)28)25-21-15(9-23-11-24-21)19(29)16-5-6-27(26-16)10-13-3-2-4-14(22)8-13/h2-6,8-9,11-12,17-18,20,28,30H,7,10H2,1H3,(H,23,24,25)/t12-,17-,18-,20+/m1/s1. The molecule has 2 aromatic heterocycles. The molecule has 4 rings (SSSR count). The zero-order valence-corrected chi connectivity index (χ0v) is 17.9. The van der Waals surface area contributed by atoms with Crippen LogP contribution >= 0.6 is 15.9 Å². The van der Waals surface area contributed by atoms with Gasteiger partial charge in [0.25, 0.3) is 0 Å². The summed E-state index contributed by atoms with van der Waals surface area (Å²) in [6.45, 7) is 2.41. The Morgan fingerprint density at radius 1 is 1.30 bits per heavy atom. The van der Waals surface area contributed by atoms with E-state index in [1.54, 1.807) is 16.9 Å². The van der Waals surface area contributed by atoms with Crippen LogP contribution in [0, 0.1) is 5.92 Å². The number of benzene rings is 1. The lowest BCUT2D eigenvalue weighted by Gasteiger charge is -2.19. The Morgan fingerprint density at radius 3 is 2.87 bits per heavy atom. The summed E-state index contributed by atoms with van der Waals surface area (Å²) in [6.07, 6.45) is 3.36. The van der Waals surface area contributed by atoms with Gasteiger partial charge in [-0.25, -0.2) is 9.97 Å². The Hall–Kier alpha value is -2.62. The van der Waals surface area contributed by atoms with Gasteiger partial charge in [0.05, 0.1) is 24.3 Å². The summed E-state index contributed by atoms with van der Waals surface area (Å²) in [6, 6.07) is 9.15. The molecule has 0 saturated heterocycles. The number of aliphatic hydroxyl groups excluding tert-OH is 2. The first-order valence-electron chi connectivity index (χ1n) is 9.67. The third-order valence-electron chi connectivity index (χ3n) is 5.36. The maximum absolute atomic E-state index is 13.1. The molecule has 1 fully saturated rings. The third kappa shape index (κ3) is 4.28. The first-order chi connectivity index (χ1) is 14.4. The smallest absolute Gasteiger partial charge is 0.218 e. The molecule has 3 N–H and O–H groups in total. The first-order valence-corrected chi connectivity index (χ1v) is 10.5. The number of aliphatic hydroxyl groups is 2. The van der Waals surface area contributed by atoms with Crippen molar-refractivity contribution >= 4 is 27.5 Å². The van der Waals surface area contributed by atoms with E-state index in [0.717, 1.165) is 10.0 Å². The highest BCUT2D eigenvalue weighted by Gasteiger charge is 2.39. The van der Waals surface area contributed by atoms with Gasteiger partial charge in [0.2, 0.25) is 5.78 Å². The topological polar surface area (TPSA) is 113 Å². The minimum absolute atomic E-state index is 0.0489. The van der Waals surface area contributed by atoms with Gasteiger partial charge in [-0.05, 0) is 36.1 Å². The van der Waals surface area contributed by atoms with Crippen LogP contribution in [0.25, 0.3) is 0 Å². The number of nitrogens with zero attached hydrogens (tertiary/aromatic N) is 4. The minimum atomic E-state index is -0.928. The molecule has 2 heterocycles. The molecule has 1 aliphatic rings. The van der Waals surface area contributed by atoms with Crippen molar-refractivity contribution in [3.05, 3.63) is 70.3 Å². The van der Waals surface area contributed by atoms with E-state index in [0.29, 0.717) is 18.8 Å². The van der Waals surface area contributed by atoms with Crippen LogP contribution in [0.15, 0.2) is 53.5 Å². The van der Waals surface area contributed by atoms with E-state index in [9.17, 15) is 15.0 Å². The third-order valence-corrected chi connectivity index (χ3v) is 5.85. The van der Waals surface area contributed by atoms with Crippen LogP contribution in [0.5, 0.6) is 0 Å². The molecule has 0 aliphatic heterocycles. The fourth-order valence-electron chi connectivity index (χ4n) is 3.72. The summed E-state index contributed by atoms with van der Waals surface area (Å²) in [5.74, 6) is -0.0405. The fourth-order valence-corrected chi connectivity index (χ4v) is 4.16. The second kappa shape index (κ2) is 8.63. The average molecular weight is 472 g/mol. The second-order valence-corrected chi connectivity index (χ2v) is 8.50. The number of carbonyl (C=O) groups excluding carboxylic acids is 1. The summed E-state index contributed by atoms with van der Waals surface area (Å²) >= 11 is 3.45. The average Bonchev–Trinajstić information content (AvgIpc) is 3.29. The number of hydrogen-bond acceptors (Lipinski definition) is 7. The molecule has 8 nitrogen and oxygen atoms in total. The highest BCUT2D eigenvalue weighted by atomic mass is 79.9. The van der Waals surface area contributed by atoms with Gasteiger partial charge in [-0.3, -0.25) is 9.48 Å². The highest BCUT2D eigenvalue weighted by Crippen LogP contribution is 2.29. The Kier molecular flexibility index (Phi) is 5.94. The summed E-state index contributed by atoms with van der Waals surface area (Å²) in [5.41, 5.74) is 1.61. The molecule has 30 heavy (non-hydrogen) atoms. The SMILES string of the molecule is C[C@@H]1C[C@@H](Nc2ncncc2C(=O)c2ccn(Cc3cccc(Br)c3)n2)[C@H](O)[C@@H]1O. The van der Waals surface area contributed by atoms with Crippen molar-refractivity contribution in [2.45, 2.75) is 38.1 Å². The summed E-state index contributed by atoms with van der Waals surface area (Å²) in [5, 5.41) is 27.8. The van der Waals surface area contributed by atoms with Gasteiger partial charge in [-0.15, -0.1) is 0 Å². The van der Waals surface area contributed by atoms with Crippen molar-refractivity contribution in [2.75, 3.05) is 5.32 Å². The van der Waals surface area contributed by atoms with Crippen molar-refractivity contribution < 1.29 is 15.0 Å². The maximum Gasteiger partial charge on any atom is 0.218 e. The number of halogens is 1. The molecule has 1 aliphatic carbocycles. The molecule has 0 bridgehead atoms. The summed E-state index contributed by atoms with van der Waals surface area (Å²) in [4.78, 5) is 21.2. The van der Waals surface area contributed by atoms with E-state index in [1.165, 1.54) is 12.5 Å². The van der Waals surface area contributed by atoms with E-state index in [-0.39, 0.29) is 23.0 Å². The summed E-state index contributed by atoms with van der Waals surface area (Å²) < 4.78 is 2.68. The predicted octanol–water partition coefficient (Wildman–Crippen LogP) is 2.26. The summed E-state index contributed by atoms with van der Waals surface area (Å²) in [7, 11) is 0. The second-order valence-electron chi connectivity index (χ2n) is 7.59. The van der Waals surface area contributed by atoms with E-state index in [4.69, 9.17) is 0 Å². The molecule has 156 valence electrons. The number of rotatable bonds is 6. The van der Waals surface area contributed by atoms with Gasteiger partial charge in [0.15, 0.2) is 0 Å². The predicted molar refractivity (Wildman–Crippen MR) is 114 cm³/mol. The monoisotopic (exact) mass is 471 g/mol. The van der Waals surface area contributed by atoms with E-state index in [2.05, 4.69) is 36.3 Å². The van der Waals surface area contributed by atoms with Gasteiger partial charge >= 0.3 is 0 Å². The Balaban J connectivity index is 1.52. The molecular formula is C21H22BrN5O3. The van der Waals surface area contributed by atoms with Gasteiger partial charge in [0.1, 0.15) is 23.9 Å². The highest BCUT2D eigenvalue weighted by molar-refractivity contribution is 9.10. The van der Waals surface area contributed by atoms with Crippen LogP contribution in [0.3, 0.4) is 0 Å². The maximum atomic E-state index is 13.1. The first kappa shape index (κ1) is 20.6. The number of hydrogen-bond donors (Lipinski definition) is 3. The molecule has 0 amide bonds. The van der Waals surface area contributed by atoms with Crippen molar-refractivity contribution in [2.24, 2.45) is 5.92 Å². The van der Waals surface area contributed by atoms with E-state index in [1.807, 2.05) is 31.2 Å². The zero-order valence-electron chi connectivity index (χ0n) is 16.3. The van der Waals surface area contributed by atoms with Crippen LogP contribution in [-0.2, 0) is 6.54 Å². The van der Waals surface area contributed by atoms with Gasteiger partial charge < -0.3 is 15.5 Å². The lowest BCUT2D eigenvalue weighted by atomic mass is 10.1. The molecule has 1 saturated carbocycles. The fraction of sp³-hybridized carbons (Fsp3) is 0.333. The van der Waals surface area contributed by atoms with E-state index < -0.39 is 18.2 Å². The molecule has 0 spiro atoms. The van der Waals surface area contributed by atoms with Crippen LogP contribution in [0.2, 0.25) is 0 Å². The molecule has 3 aromatic rings. The van der Waals surface area contributed by atoms with Gasteiger partial charge in [-0.2, -0.15) is 5.10 Å². The quantitative estimate of drug-likeness (QED) is 0.472. The lowest BCUT2D eigenvalue weighted by Crippen LogP contribution is -2.35. The van der Waals surface area contributed by atoms with E-state index >= 15 is 0 Å². The van der Waals surface area contributed by atoms with Crippen molar-refractivity contribution in [1.82, 2.24) is 19.7 Å². The van der Waals surface area contributed by atoms with Crippen molar-refractivity contribution in [3.63, 3.8) is 0 Å². The largest absolute Gasteiger partial charge is 0.390 e. The minimum Gasteiger partial charge on any atom is -0.390 e. The molecule has 4 atom stereocenters. The molecule has 1 aromatic carbocycles. The normalized spacial score (nSPS) is 23.5. The van der Waals surface area contributed by atoms with Gasteiger partial charge in [-0.1, -0.05) is 35.0 Å². The zero-order chi connectivity index (χ0) is 21.3. The number of nitrogens with one attached hydrogen (secondary N) is 1. The lowest BCUT2D eigenvalue weighted by molar-refractivity contribution is 0.0210. The number of ketones is 1. The van der Waals surface area contributed by atoms with Crippen molar-refractivity contribution in [1.29, 1.82) is 0 Å². The van der Waals surface area contributed by atoms with Crippen LogP contribution in [0.1, 0.15) is 35.0 Å². The molecule has 0 unspecified atom stereocenters. The van der Waals surface area contributed by atoms with Crippen LogP contribution in [0.4, 0.5) is 5.82 Å². The number of carbonyl (C=O) groups is 1. The molecule has 9 heteroatoms. The van der Waals surface area contributed by atoms with Crippen LogP contribution < -0.4 is 5.32 Å². The van der Waals surface area contributed by atoms with Crippen LogP contribution in [-0.4, -0.2) is 54.0 Å². The van der Waals surface area contributed by atoms with Gasteiger partial charge in [0, 0.05) is 16.9 Å². The Morgan fingerprint density at radius 2 is 2.13 bits per heavy atom. The molecule has 0 radical (unpaired) electrons. The Labute approximate surface area is 182 Å². The Bertz CT molecular complexity index is 1060. The molecular weight excluding hydrogens is 450 g/mol. The number of aromatic nitrogens is 4. The number of anilines is 1. The van der Waals surface area contributed by atoms with Crippen molar-refractivity contribution in [3.8, 4) is 0 Å².